The van der Waals surface area contributed by atoms with Crippen LogP contribution in [0.4, 0.5) is 19.3 Å². The van der Waals surface area contributed by atoms with Gasteiger partial charge in [0.15, 0.2) is 11.6 Å². The summed E-state index contributed by atoms with van der Waals surface area (Å²) in [5, 5.41) is 4.80. The average Bonchev–Trinajstić information content (AvgIpc) is 2.97. The molecule has 21 heavy (non-hydrogen) atoms. The van der Waals surface area contributed by atoms with Crippen LogP contribution in [0.5, 0.6) is 0 Å². The highest BCUT2D eigenvalue weighted by molar-refractivity contribution is 5.89. The van der Waals surface area contributed by atoms with E-state index in [9.17, 15) is 13.6 Å². The summed E-state index contributed by atoms with van der Waals surface area (Å²) in [6.45, 7) is 0.173. The van der Waals surface area contributed by atoms with E-state index in [1.54, 1.807) is 12.1 Å². The minimum atomic E-state index is -1.12. The number of benzene rings is 1. The number of urea groups is 1. The molecular weight excluding hydrogens is 282 g/mol. The van der Waals surface area contributed by atoms with Gasteiger partial charge >= 0.3 is 6.03 Å². The number of carbonyl (C=O) groups is 1. The lowest BCUT2D eigenvalue weighted by Gasteiger charge is -2.16. The van der Waals surface area contributed by atoms with Crippen molar-refractivity contribution in [1.82, 2.24) is 5.32 Å². The maximum absolute atomic E-state index is 13.5. The van der Waals surface area contributed by atoms with E-state index in [1.807, 2.05) is 0 Å². The molecule has 2 N–H and O–H groups in total. The van der Waals surface area contributed by atoms with Crippen LogP contribution in [0.2, 0.25) is 0 Å². The zero-order chi connectivity index (χ0) is 15.2. The van der Waals surface area contributed by atoms with Crippen molar-refractivity contribution >= 4 is 11.7 Å². The highest BCUT2D eigenvalue weighted by Gasteiger charge is 2.18. The van der Waals surface area contributed by atoms with Crippen molar-refractivity contribution in [3.8, 4) is 0 Å². The summed E-state index contributed by atoms with van der Waals surface area (Å²) in [5.74, 6) is -1.66. The number of anilines is 1. The Kier molecular flexibility index (Phi) is 4.89. The van der Waals surface area contributed by atoms with Crippen LogP contribution in [0.3, 0.4) is 0 Å². The van der Waals surface area contributed by atoms with Gasteiger partial charge in [0.05, 0.1) is 18.6 Å². The molecule has 0 aliphatic carbocycles. The third-order valence-corrected chi connectivity index (χ3v) is 2.73. The van der Waals surface area contributed by atoms with Crippen LogP contribution in [-0.2, 0) is 4.74 Å². The molecule has 0 bridgehead atoms. The maximum Gasteiger partial charge on any atom is 0.319 e. The summed E-state index contributed by atoms with van der Waals surface area (Å²) >= 11 is 0. The van der Waals surface area contributed by atoms with Gasteiger partial charge in [-0.3, -0.25) is 0 Å². The summed E-state index contributed by atoms with van der Waals surface area (Å²) < 4.78 is 36.7. The number of nitrogens with one attached hydrogen (secondary N) is 2. The Bertz CT molecular complexity index is 602. The fourth-order valence-corrected chi connectivity index (χ4v) is 1.77. The largest absolute Gasteiger partial charge is 0.467 e. The Morgan fingerprint density at radius 3 is 2.81 bits per heavy atom. The molecule has 1 aromatic carbocycles. The first kappa shape index (κ1) is 15.0. The summed E-state index contributed by atoms with van der Waals surface area (Å²) in [4.78, 5) is 11.8. The van der Waals surface area contributed by atoms with Crippen LogP contribution in [0.15, 0.2) is 41.0 Å². The van der Waals surface area contributed by atoms with Crippen LogP contribution in [0.1, 0.15) is 11.8 Å². The lowest BCUT2D eigenvalue weighted by molar-refractivity contribution is 0.159. The van der Waals surface area contributed by atoms with Crippen molar-refractivity contribution in [2.45, 2.75) is 6.04 Å². The Labute approximate surface area is 119 Å². The highest BCUT2D eigenvalue weighted by Crippen LogP contribution is 2.18. The van der Waals surface area contributed by atoms with Crippen LogP contribution in [0.25, 0.3) is 0 Å². The first-order chi connectivity index (χ1) is 10.1. The van der Waals surface area contributed by atoms with Gasteiger partial charge in [-0.1, -0.05) is 6.07 Å². The van der Waals surface area contributed by atoms with E-state index >= 15 is 0 Å². The molecule has 2 aromatic rings. The normalized spacial score (nSPS) is 12.0. The molecule has 5 nitrogen and oxygen atoms in total. The zero-order valence-corrected chi connectivity index (χ0v) is 11.2. The molecule has 0 saturated carbocycles. The predicted octanol–water partition coefficient (Wildman–Crippen LogP) is 3.07. The van der Waals surface area contributed by atoms with Gasteiger partial charge in [0.1, 0.15) is 11.8 Å². The molecule has 7 heteroatoms. The Hall–Kier alpha value is -2.41. The Morgan fingerprint density at radius 2 is 2.14 bits per heavy atom. The second-order valence-electron chi connectivity index (χ2n) is 4.22. The topological polar surface area (TPSA) is 63.5 Å². The number of methoxy groups -OCH3 is 1. The molecule has 0 aliphatic heterocycles. The molecule has 0 radical (unpaired) electrons. The van der Waals surface area contributed by atoms with E-state index in [0.717, 1.165) is 6.07 Å². The van der Waals surface area contributed by atoms with E-state index in [1.165, 1.54) is 25.5 Å². The van der Waals surface area contributed by atoms with Crippen molar-refractivity contribution in [2.75, 3.05) is 19.0 Å². The van der Waals surface area contributed by atoms with Crippen LogP contribution >= 0.6 is 0 Å². The first-order valence-electron chi connectivity index (χ1n) is 6.15. The SMILES string of the molecule is COCC(NC(=O)Nc1cccc(F)c1F)c1ccco1. The van der Waals surface area contributed by atoms with E-state index < -0.39 is 23.7 Å². The van der Waals surface area contributed by atoms with Gasteiger partial charge in [0, 0.05) is 7.11 Å². The fourth-order valence-electron chi connectivity index (χ4n) is 1.77. The highest BCUT2D eigenvalue weighted by atomic mass is 19.2. The number of rotatable bonds is 5. The van der Waals surface area contributed by atoms with Crippen LogP contribution in [-0.4, -0.2) is 19.7 Å². The van der Waals surface area contributed by atoms with Gasteiger partial charge in [-0.2, -0.15) is 0 Å². The van der Waals surface area contributed by atoms with Crippen molar-refractivity contribution in [2.24, 2.45) is 0 Å². The molecule has 2 amide bonds. The van der Waals surface area contributed by atoms with Crippen molar-refractivity contribution < 1.29 is 22.7 Å². The molecular formula is C14H14F2N2O3. The molecule has 0 spiro atoms. The molecule has 1 aromatic heterocycles. The fraction of sp³-hybridized carbons (Fsp3) is 0.214. The zero-order valence-electron chi connectivity index (χ0n) is 11.2. The first-order valence-corrected chi connectivity index (χ1v) is 6.15. The van der Waals surface area contributed by atoms with Gasteiger partial charge < -0.3 is 19.8 Å². The number of hydrogen-bond acceptors (Lipinski definition) is 3. The second kappa shape index (κ2) is 6.85. The molecule has 1 heterocycles. The molecule has 1 atom stereocenters. The van der Waals surface area contributed by atoms with Gasteiger partial charge in [-0.25, -0.2) is 13.6 Å². The summed E-state index contributed by atoms with van der Waals surface area (Å²) in [5.41, 5.74) is -0.247. The average molecular weight is 296 g/mol. The molecule has 0 aliphatic rings. The summed E-state index contributed by atoms with van der Waals surface area (Å²) in [7, 11) is 1.47. The second-order valence-corrected chi connectivity index (χ2v) is 4.22. The smallest absolute Gasteiger partial charge is 0.319 e. The molecule has 1 unspecified atom stereocenters. The molecule has 0 fully saturated rings. The van der Waals surface area contributed by atoms with Gasteiger partial charge in [-0.15, -0.1) is 0 Å². The molecule has 0 saturated heterocycles. The quantitative estimate of drug-likeness (QED) is 0.891. The van der Waals surface area contributed by atoms with Crippen LogP contribution < -0.4 is 10.6 Å². The lowest BCUT2D eigenvalue weighted by atomic mass is 10.2. The van der Waals surface area contributed by atoms with E-state index in [2.05, 4.69) is 10.6 Å². The molecule has 112 valence electrons. The number of furan rings is 1. The van der Waals surface area contributed by atoms with Gasteiger partial charge in [-0.05, 0) is 24.3 Å². The molecule has 2 rings (SSSR count). The third kappa shape index (κ3) is 3.79. The summed E-state index contributed by atoms with van der Waals surface area (Å²) in [6, 6.07) is 5.63. The van der Waals surface area contributed by atoms with Gasteiger partial charge in [0.2, 0.25) is 0 Å². The Morgan fingerprint density at radius 1 is 1.33 bits per heavy atom. The number of hydrogen-bond donors (Lipinski definition) is 2. The van der Waals surface area contributed by atoms with E-state index in [0.29, 0.717) is 5.76 Å². The monoisotopic (exact) mass is 296 g/mol. The minimum Gasteiger partial charge on any atom is -0.467 e. The van der Waals surface area contributed by atoms with Crippen molar-refractivity contribution in [3.05, 3.63) is 54.0 Å². The van der Waals surface area contributed by atoms with Crippen LogP contribution in [0, 0.1) is 11.6 Å². The van der Waals surface area contributed by atoms with E-state index in [4.69, 9.17) is 9.15 Å². The van der Waals surface area contributed by atoms with E-state index in [-0.39, 0.29) is 12.3 Å². The van der Waals surface area contributed by atoms with Crippen molar-refractivity contribution in [3.63, 3.8) is 0 Å². The predicted molar refractivity (Wildman–Crippen MR) is 71.8 cm³/mol. The minimum absolute atomic E-state index is 0.173. The van der Waals surface area contributed by atoms with Crippen molar-refractivity contribution in [1.29, 1.82) is 0 Å². The third-order valence-electron chi connectivity index (χ3n) is 2.73. The van der Waals surface area contributed by atoms with Gasteiger partial charge in [0.25, 0.3) is 0 Å². The summed E-state index contributed by atoms with van der Waals surface area (Å²) in [6.07, 6.45) is 1.46. The maximum atomic E-state index is 13.5. The number of ether oxygens (including phenoxy) is 1. The standard InChI is InChI=1S/C14H14F2N2O3/c1-20-8-11(12-6-3-7-21-12)18-14(19)17-10-5-2-4-9(15)13(10)16/h2-7,11H,8H2,1H3,(H2,17,18,19). The number of amides is 2. The number of halogens is 2. The lowest BCUT2D eigenvalue weighted by Crippen LogP contribution is -2.34. The Balaban J connectivity index is 2.04. The number of carbonyl (C=O) groups excluding carboxylic acids is 1.